The van der Waals surface area contributed by atoms with E-state index in [0.717, 1.165) is 27.3 Å². The first-order valence-electron chi connectivity index (χ1n) is 17.6. The van der Waals surface area contributed by atoms with Crippen LogP contribution in [0.2, 0.25) is 0 Å². The maximum absolute atomic E-state index is 6.39. The third-order valence-corrected chi connectivity index (χ3v) is 10.8. The summed E-state index contributed by atoms with van der Waals surface area (Å²) in [6, 6.07) is 66.4. The Kier molecular flexibility index (Phi) is 6.02. The quantitative estimate of drug-likeness (QED) is 0.174. The lowest BCUT2D eigenvalue weighted by atomic mass is 9.84. The van der Waals surface area contributed by atoms with Gasteiger partial charge in [0.1, 0.15) is 11.2 Å². The Morgan fingerprint density at radius 2 is 0.784 bits per heavy atom. The summed E-state index contributed by atoms with van der Waals surface area (Å²) in [6.07, 6.45) is 0. The smallest absolute Gasteiger partial charge is 0.143 e. The van der Waals surface area contributed by atoms with Crippen molar-refractivity contribution in [1.82, 2.24) is 0 Å². The van der Waals surface area contributed by atoms with Crippen molar-refractivity contribution in [2.24, 2.45) is 0 Å². The minimum Gasteiger partial charge on any atom is -0.455 e. The molecule has 0 bridgehead atoms. The topological polar surface area (TPSA) is 13.1 Å². The highest BCUT2D eigenvalue weighted by Crippen LogP contribution is 2.46. The fourth-order valence-corrected chi connectivity index (χ4v) is 8.53. The van der Waals surface area contributed by atoms with Crippen LogP contribution in [-0.4, -0.2) is 0 Å². The molecule has 0 atom stereocenters. The van der Waals surface area contributed by atoms with Gasteiger partial charge in [-0.3, -0.25) is 0 Å². The van der Waals surface area contributed by atoms with E-state index in [1.54, 1.807) is 0 Å². The van der Waals surface area contributed by atoms with Gasteiger partial charge in [-0.05, 0) is 106 Å². The summed E-state index contributed by atoms with van der Waals surface area (Å²) in [4.78, 5) is 0. The SMILES string of the molecule is c1ccc2c(-c3c4ccccc4c(-c4ccc5cc(-c6cccc7c6ccc6c8ccccc8oc76)ccc5c4)c4ccccc34)cccc2c1. The molecule has 1 nitrogen and oxygen atoms in total. The lowest BCUT2D eigenvalue weighted by Crippen LogP contribution is -1.91. The Labute approximate surface area is 294 Å². The van der Waals surface area contributed by atoms with Gasteiger partial charge >= 0.3 is 0 Å². The Balaban J connectivity index is 1.09. The van der Waals surface area contributed by atoms with E-state index < -0.39 is 0 Å². The number of para-hydroxylation sites is 1. The number of furan rings is 1. The number of benzene rings is 10. The molecule has 236 valence electrons. The molecule has 0 spiro atoms. The number of rotatable bonds is 3. The summed E-state index contributed by atoms with van der Waals surface area (Å²) in [5, 5.41) is 14.7. The van der Waals surface area contributed by atoms with Gasteiger partial charge in [0.2, 0.25) is 0 Å². The Bertz CT molecular complexity index is 3130. The highest BCUT2D eigenvalue weighted by Gasteiger charge is 2.18. The van der Waals surface area contributed by atoms with E-state index in [1.165, 1.54) is 81.9 Å². The van der Waals surface area contributed by atoms with Gasteiger partial charge in [-0.25, -0.2) is 0 Å². The summed E-state index contributed by atoms with van der Waals surface area (Å²) in [7, 11) is 0. The van der Waals surface area contributed by atoms with Crippen LogP contribution in [0.5, 0.6) is 0 Å². The van der Waals surface area contributed by atoms with Crippen molar-refractivity contribution >= 4 is 75.8 Å². The second-order valence-corrected chi connectivity index (χ2v) is 13.6. The monoisotopic (exact) mass is 646 g/mol. The van der Waals surface area contributed by atoms with Crippen molar-refractivity contribution in [1.29, 1.82) is 0 Å². The van der Waals surface area contributed by atoms with Crippen LogP contribution in [0.4, 0.5) is 0 Å². The third-order valence-electron chi connectivity index (χ3n) is 10.8. The standard InChI is InChI=1S/C50H30O/c1-2-13-36-31(11-1)12-9-20-40(36)49-43-17-5-3-15-41(43)48(42-16-4-6-18-44(42)49)35-26-24-32-29-34(25-23-33(32)30-35)37-19-10-21-45-38(37)27-28-46-39-14-7-8-22-47(39)51-50(45)46/h1-30H. The molecule has 0 saturated heterocycles. The van der Waals surface area contributed by atoms with Crippen molar-refractivity contribution in [3.05, 3.63) is 182 Å². The van der Waals surface area contributed by atoms with Crippen LogP contribution < -0.4 is 0 Å². The van der Waals surface area contributed by atoms with Gasteiger partial charge < -0.3 is 4.42 Å². The summed E-state index contributed by atoms with van der Waals surface area (Å²) < 4.78 is 6.39. The van der Waals surface area contributed by atoms with E-state index in [1.807, 2.05) is 12.1 Å². The lowest BCUT2D eigenvalue weighted by molar-refractivity contribution is 0.672. The van der Waals surface area contributed by atoms with Gasteiger partial charge in [0.15, 0.2) is 0 Å². The van der Waals surface area contributed by atoms with Gasteiger partial charge in [0, 0.05) is 16.2 Å². The van der Waals surface area contributed by atoms with Gasteiger partial charge in [-0.1, -0.05) is 158 Å². The van der Waals surface area contributed by atoms with Crippen LogP contribution in [0.15, 0.2) is 186 Å². The van der Waals surface area contributed by atoms with Crippen molar-refractivity contribution < 1.29 is 4.42 Å². The Hall–Kier alpha value is -6.70. The molecule has 1 heterocycles. The van der Waals surface area contributed by atoms with Crippen LogP contribution in [0, 0.1) is 0 Å². The molecule has 0 N–H and O–H groups in total. The summed E-state index contributed by atoms with van der Waals surface area (Å²) in [5.41, 5.74) is 9.36. The molecule has 0 unspecified atom stereocenters. The first-order valence-corrected chi connectivity index (χ1v) is 17.6. The second-order valence-electron chi connectivity index (χ2n) is 13.6. The number of fused-ring (bicyclic) bond motifs is 9. The zero-order valence-electron chi connectivity index (χ0n) is 27.7. The van der Waals surface area contributed by atoms with E-state index >= 15 is 0 Å². The number of hydrogen-bond donors (Lipinski definition) is 0. The largest absolute Gasteiger partial charge is 0.455 e. The molecule has 0 amide bonds. The maximum atomic E-state index is 6.39. The van der Waals surface area contributed by atoms with Crippen LogP contribution in [0.25, 0.3) is 109 Å². The number of hydrogen-bond acceptors (Lipinski definition) is 1. The van der Waals surface area contributed by atoms with Gasteiger partial charge in [0.25, 0.3) is 0 Å². The van der Waals surface area contributed by atoms with E-state index in [4.69, 9.17) is 4.42 Å². The average Bonchev–Trinajstić information content (AvgIpc) is 3.58. The molecule has 0 aliphatic heterocycles. The first kappa shape index (κ1) is 28.2. The van der Waals surface area contributed by atoms with Gasteiger partial charge in [0.05, 0.1) is 0 Å². The van der Waals surface area contributed by atoms with Crippen molar-refractivity contribution in [2.75, 3.05) is 0 Å². The molecule has 0 aliphatic rings. The van der Waals surface area contributed by atoms with Crippen LogP contribution in [-0.2, 0) is 0 Å². The fourth-order valence-electron chi connectivity index (χ4n) is 8.53. The minimum atomic E-state index is 0.927. The highest BCUT2D eigenvalue weighted by atomic mass is 16.3. The third kappa shape index (κ3) is 4.22. The van der Waals surface area contributed by atoms with Crippen molar-refractivity contribution in [3.8, 4) is 33.4 Å². The molecule has 1 aromatic heterocycles. The maximum Gasteiger partial charge on any atom is 0.143 e. The van der Waals surface area contributed by atoms with E-state index in [-0.39, 0.29) is 0 Å². The van der Waals surface area contributed by atoms with Gasteiger partial charge in [-0.2, -0.15) is 0 Å². The van der Waals surface area contributed by atoms with E-state index in [9.17, 15) is 0 Å². The molecule has 11 aromatic rings. The molecule has 1 heteroatoms. The molecule has 0 saturated carbocycles. The Morgan fingerprint density at radius 1 is 0.275 bits per heavy atom. The van der Waals surface area contributed by atoms with Crippen molar-refractivity contribution in [2.45, 2.75) is 0 Å². The van der Waals surface area contributed by atoms with Crippen LogP contribution in [0.1, 0.15) is 0 Å². The summed E-state index contributed by atoms with van der Waals surface area (Å²) >= 11 is 0. The van der Waals surface area contributed by atoms with Crippen LogP contribution >= 0.6 is 0 Å². The molecule has 0 radical (unpaired) electrons. The molecule has 0 fully saturated rings. The molecule has 0 aliphatic carbocycles. The zero-order chi connectivity index (χ0) is 33.5. The Morgan fingerprint density at radius 3 is 1.55 bits per heavy atom. The molecular weight excluding hydrogens is 617 g/mol. The second kappa shape index (κ2) is 10.9. The van der Waals surface area contributed by atoms with Crippen LogP contribution in [0.3, 0.4) is 0 Å². The molecular formula is C50H30O. The average molecular weight is 647 g/mol. The zero-order valence-corrected chi connectivity index (χ0v) is 27.7. The fraction of sp³-hybridized carbons (Fsp3) is 0. The molecule has 10 aromatic carbocycles. The van der Waals surface area contributed by atoms with E-state index in [0.29, 0.717) is 0 Å². The minimum absolute atomic E-state index is 0.927. The van der Waals surface area contributed by atoms with Crippen molar-refractivity contribution in [3.63, 3.8) is 0 Å². The predicted octanol–water partition coefficient (Wildman–Crippen LogP) is 14.4. The normalized spacial score (nSPS) is 11.9. The predicted molar refractivity (Wildman–Crippen MR) is 218 cm³/mol. The lowest BCUT2D eigenvalue weighted by Gasteiger charge is -2.19. The van der Waals surface area contributed by atoms with E-state index in [2.05, 4.69) is 170 Å². The first-order chi connectivity index (χ1) is 25.3. The summed E-state index contributed by atoms with van der Waals surface area (Å²) in [5.74, 6) is 0. The molecule has 51 heavy (non-hydrogen) atoms. The van der Waals surface area contributed by atoms with Gasteiger partial charge in [-0.15, -0.1) is 0 Å². The summed E-state index contributed by atoms with van der Waals surface area (Å²) in [6.45, 7) is 0. The highest BCUT2D eigenvalue weighted by molar-refractivity contribution is 6.24. The molecule has 11 rings (SSSR count).